The van der Waals surface area contributed by atoms with Crippen LogP contribution < -0.4 is 14.4 Å². The first-order chi connectivity index (χ1) is 22.8. The number of carbonyl (C=O) groups is 5. The molecule has 0 aromatic heterocycles. The predicted molar refractivity (Wildman–Crippen MR) is 170 cm³/mol. The van der Waals surface area contributed by atoms with Crippen LogP contribution in [0.2, 0.25) is 0 Å². The van der Waals surface area contributed by atoms with Crippen molar-refractivity contribution in [3.05, 3.63) is 125 Å². The van der Waals surface area contributed by atoms with Crippen LogP contribution >= 0.6 is 0 Å². The molecule has 0 radical (unpaired) electrons. The van der Waals surface area contributed by atoms with E-state index in [2.05, 4.69) is 12.1 Å². The van der Waals surface area contributed by atoms with Crippen molar-refractivity contribution >= 4 is 35.2 Å². The number of anilines is 1. The van der Waals surface area contributed by atoms with E-state index in [9.17, 15) is 24.0 Å². The number of imide groups is 1. The summed E-state index contributed by atoms with van der Waals surface area (Å²) in [5.74, 6) is -1.31. The van der Waals surface area contributed by atoms with E-state index >= 15 is 0 Å². The molecule has 0 spiro atoms. The molecule has 4 aromatic rings. The number of benzene rings is 4. The molecule has 5 atom stereocenters. The summed E-state index contributed by atoms with van der Waals surface area (Å²) in [5.41, 5.74) is 2.42. The fourth-order valence-corrected chi connectivity index (χ4v) is 7.47. The number of Topliss-reactive ketones (excluding diaryl/α,β-unsaturated/α-hetero) is 1. The fourth-order valence-electron chi connectivity index (χ4n) is 7.47. The highest BCUT2D eigenvalue weighted by Crippen LogP contribution is 2.61. The smallest absolute Gasteiger partial charge is 0.343 e. The molecule has 3 fully saturated rings. The average molecular weight is 630 g/mol. The summed E-state index contributed by atoms with van der Waals surface area (Å²) >= 11 is 0. The molecule has 7 rings (SSSR count). The lowest BCUT2D eigenvalue weighted by atomic mass is 9.73. The van der Waals surface area contributed by atoms with Gasteiger partial charge < -0.3 is 14.2 Å². The molecule has 2 bridgehead atoms. The van der Waals surface area contributed by atoms with Gasteiger partial charge in [-0.15, -0.1) is 0 Å². The Morgan fingerprint density at radius 2 is 1.40 bits per heavy atom. The number of ether oxygens (including phenoxy) is 3. The molecule has 2 amide bonds. The van der Waals surface area contributed by atoms with Crippen molar-refractivity contribution < 1.29 is 38.2 Å². The highest BCUT2D eigenvalue weighted by molar-refractivity contribution is 6.22. The molecule has 0 unspecified atom stereocenters. The minimum absolute atomic E-state index is 0.144. The number of rotatable bonds is 9. The number of methoxy groups -OCH3 is 1. The minimum Gasteiger partial charge on any atom is -0.497 e. The van der Waals surface area contributed by atoms with Gasteiger partial charge in [0, 0.05) is 5.56 Å². The van der Waals surface area contributed by atoms with Crippen molar-refractivity contribution in [2.45, 2.75) is 18.8 Å². The summed E-state index contributed by atoms with van der Waals surface area (Å²) in [6.07, 6.45) is 1.81. The van der Waals surface area contributed by atoms with Crippen LogP contribution in [0.25, 0.3) is 0 Å². The maximum atomic E-state index is 13.6. The van der Waals surface area contributed by atoms with Crippen LogP contribution in [0, 0.1) is 23.7 Å². The predicted octanol–water partition coefficient (Wildman–Crippen LogP) is 5.88. The Hall–Kier alpha value is -5.57. The first kappa shape index (κ1) is 30.1. The van der Waals surface area contributed by atoms with E-state index in [1.54, 1.807) is 36.4 Å². The standard InChI is InChI=1S/C38H31NO8/c1-45-29-9-5-8-25(18-29)38(44)47-28-16-12-23(13-17-28)32(40)21-46-37(43)24-10-14-27(15-11-24)39-35(41)33-26-19-30(22-6-3-2-4-7-22)31(20-26)34(33)36(39)42/h2-18,26,30-31,33-34H,19-21H2,1H3/t26-,30-,31+,33+,34-/m0/s1. The zero-order valence-corrected chi connectivity index (χ0v) is 25.5. The number of esters is 2. The Labute approximate surface area is 271 Å². The van der Waals surface area contributed by atoms with E-state index in [-0.39, 0.29) is 58.3 Å². The Morgan fingerprint density at radius 1 is 0.702 bits per heavy atom. The van der Waals surface area contributed by atoms with Gasteiger partial charge in [0.05, 0.1) is 35.8 Å². The number of hydrogen-bond donors (Lipinski definition) is 0. The third-order valence-electron chi connectivity index (χ3n) is 9.63. The molecule has 1 aliphatic heterocycles. The SMILES string of the molecule is COc1cccc(C(=O)Oc2ccc(C(=O)COC(=O)c3ccc(N4C(=O)[C@@H]5[C@@H]6C[C@@H]([C@@H]5C4=O)[C@H](c4ccccc4)C6)cc3)cc2)c1. The van der Waals surface area contributed by atoms with Gasteiger partial charge in [-0.25, -0.2) is 9.59 Å². The topological polar surface area (TPSA) is 116 Å². The second-order valence-electron chi connectivity index (χ2n) is 12.2. The van der Waals surface area contributed by atoms with Crippen LogP contribution in [-0.4, -0.2) is 43.3 Å². The molecule has 9 nitrogen and oxygen atoms in total. The van der Waals surface area contributed by atoms with Gasteiger partial charge in [-0.1, -0.05) is 36.4 Å². The van der Waals surface area contributed by atoms with Gasteiger partial charge in [-0.05, 0) is 103 Å². The third kappa shape index (κ3) is 5.58. The highest BCUT2D eigenvalue weighted by atomic mass is 16.5. The quantitative estimate of drug-likeness (QED) is 0.0975. The molecule has 236 valence electrons. The van der Waals surface area contributed by atoms with E-state index in [4.69, 9.17) is 14.2 Å². The minimum atomic E-state index is -0.714. The molecule has 2 aliphatic carbocycles. The maximum Gasteiger partial charge on any atom is 0.343 e. The Morgan fingerprint density at radius 3 is 2.13 bits per heavy atom. The summed E-state index contributed by atoms with van der Waals surface area (Å²) < 4.78 is 15.7. The second-order valence-corrected chi connectivity index (χ2v) is 12.2. The third-order valence-corrected chi connectivity index (χ3v) is 9.63. The van der Waals surface area contributed by atoms with Crippen molar-refractivity contribution in [3.8, 4) is 11.5 Å². The monoisotopic (exact) mass is 629 g/mol. The molecule has 3 aliphatic rings. The first-order valence-corrected chi connectivity index (χ1v) is 15.5. The summed E-state index contributed by atoms with van der Waals surface area (Å²) in [4.78, 5) is 66.2. The lowest BCUT2D eigenvalue weighted by Crippen LogP contribution is -2.33. The molecule has 2 saturated carbocycles. The number of amides is 2. The van der Waals surface area contributed by atoms with Crippen molar-refractivity contribution in [1.82, 2.24) is 0 Å². The molecule has 1 heterocycles. The van der Waals surface area contributed by atoms with Gasteiger partial charge >= 0.3 is 11.9 Å². The average Bonchev–Trinajstić information content (AvgIpc) is 3.78. The van der Waals surface area contributed by atoms with E-state index in [0.717, 1.165) is 12.8 Å². The van der Waals surface area contributed by atoms with Crippen molar-refractivity contribution in [2.75, 3.05) is 18.6 Å². The van der Waals surface area contributed by atoms with Crippen molar-refractivity contribution in [2.24, 2.45) is 23.7 Å². The number of nitrogens with zero attached hydrogens (tertiary/aromatic N) is 1. The van der Waals surface area contributed by atoms with Crippen LogP contribution in [0.4, 0.5) is 5.69 Å². The first-order valence-electron chi connectivity index (χ1n) is 15.5. The summed E-state index contributed by atoms with van der Waals surface area (Å²) in [6.45, 7) is -0.499. The number of hydrogen-bond acceptors (Lipinski definition) is 8. The van der Waals surface area contributed by atoms with Crippen LogP contribution in [0.5, 0.6) is 11.5 Å². The van der Waals surface area contributed by atoms with Crippen LogP contribution in [0.3, 0.4) is 0 Å². The number of carbonyl (C=O) groups excluding carboxylic acids is 5. The normalized spacial score (nSPS) is 22.6. The molecule has 47 heavy (non-hydrogen) atoms. The molecular formula is C38H31NO8. The van der Waals surface area contributed by atoms with E-state index < -0.39 is 24.3 Å². The lowest BCUT2D eigenvalue weighted by molar-refractivity contribution is -0.123. The van der Waals surface area contributed by atoms with Crippen molar-refractivity contribution in [1.29, 1.82) is 0 Å². The van der Waals surface area contributed by atoms with Gasteiger partial charge in [0.1, 0.15) is 11.5 Å². The lowest BCUT2D eigenvalue weighted by Gasteiger charge is -2.28. The largest absolute Gasteiger partial charge is 0.497 e. The van der Waals surface area contributed by atoms with Gasteiger partial charge in [0.15, 0.2) is 12.4 Å². The van der Waals surface area contributed by atoms with Gasteiger partial charge in [-0.3, -0.25) is 19.3 Å². The van der Waals surface area contributed by atoms with E-state index in [1.165, 1.54) is 54.0 Å². The molecule has 4 aromatic carbocycles. The zero-order valence-electron chi connectivity index (χ0n) is 25.5. The number of fused-ring (bicyclic) bond motifs is 5. The summed E-state index contributed by atoms with van der Waals surface area (Å²) in [7, 11) is 1.50. The van der Waals surface area contributed by atoms with Crippen molar-refractivity contribution in [3.63, 3.8) is 0 Å². The molecule has 9 heteroatoms. The maximum absolute atomic E-state index is 13.6. The van der Waals surface area contributed by atoms with Crippen LogP contribution in [-0.2, 0) is 14.3 Å². The Bertz CT molecular complexity index is 1870. The highest BCUT2D eigenvalue weighted by Gasteiger charge is 2.64. The molecule has 0 N–H and O–H groups in total. The van der Waals surface area contributed by atoms with Crippen LogP contribution in [0.1, 0.15) is 55.4 Å². The van der Waals surface area contributed by atoms with Gasteiger partial charge in [-0.2, -0.15) is 0 Å². The molecular weight excluding hydrogens is 598 g/mol. The van der Waals surface area contributed by atoms with E-state index in [0.29, 0.717) is 17.0 Å². The van der Waals surface area contributed by atoms with Gasteiger partial charge in [0.2, 0.25) is 11.8 Å². The van der Waals surface area contributed by atoms with E-state index in [1.807, 2.05) is 18.2 Å². The van der Waals surface area contributed by atoms with Gasteiger partial charge in [0.25, 0.3) is 0 Å². The molecule has 1 saturated heterocycles. The van der Waals surface area contributed by atoms with Crippen LogP contribution in [0.15, 0.2) is 103 Å². The summed E-state index contributed by atoms with van der Waals surface area (Å²) in [6, 6.07) is 28.8. The fraction of sp³-hybridized carbons (Fsp3) is 0.237. The Balaban J connectivity index is 0.943. The summed E-state index contributed by atoms with van der Waals surface area (Å²) in [5, 5.41) is 0. The second kappa shape index (κ2) is 12.3. The Kier molecular flexibility index (Phi) is 7.89. The number of ketones is 1. The zero-order chi connectivity index (χ0) is 32.7.